The molecule has 0 bridgehead atoms. The second-order valence-corrected chi connectivity index (χ2v) is 4.83. The molecule has 0 aliphatic rings. The van der Waals surface area contributed by atoms with Gasteiger partial charge in [-0.25, -0.2) is 0 Å². The van der Waals surface area contributed by atoms with Gasteiger partial charge >= 0.3 is 0 Å². The summed E-state index contributed by atoms with van der Waals surface area (Å²) < 4.78 is 5.29. The van der Waals surface area contributed by atoms with Gasteiger partial charge in [0.25, 0.3) is 5.91 Å². The van der Waals surface area contributed by atoms with Crippen LogP contribution in [0.25, 0.3) is 0 Å². The molecule has 0 spiro atoms. The number of primary amides is 1. The summed E-state index contributed by atoms with van der Waals surface area (Å²) in [5, 5.41) is 3.32. The highest BCUT2D eigenvalue weighted by molar-refractivity contribution is 5.98. The third kappa shape index (κ3) is 3.54. The molecule has 0 aliphatic carbocycles. The molecule has 1 heterocycles. The number of aryl methyl sites for hydroxylation is 1. The Kier molecular flexibility index (Phi) is 4.30. The lowest BCUT2D eigenvalue weighted by molar-refractivity contribution is 0.100. The number of nitrogens with two attached hydrogens (primary N) is 2. The molecule has 1 unspecified atom stereocenters. The molecule has 2 aromatic rings. The molecule has 5 nitrogen and oxygen atoms in total. The summed E-state index contributed by atoms with van der Waals surface area (Å²) in [7, 11) is 0. The molecule has 1 aromatic carbocycles. The zero-order valence-corrected chi connectivity index (χ0v) is 11.4. The zero-order chi connectivity index (χ0) is 14.5. The molecule has 1 atom stereocenters. The third-order valence-corrected chi connectivity index (χ3v) is 3.14. The highest BCUT2D eigenvalue weighted by Gasteiger charge is 2.09. The van der Waals surface area contributed by atoms with E-state index in [9.17, 15) is 4.79 Å². The van der Waals surface area contributed by atoms with Crippen LogP contribution in [0.4, 0.5) is 11.4 Å². The number of carbonyl (C=O) groups excluding carboxylic acids is 1. The summed E-state index contributed by atoms with van der Waals surface area (Å²) in [5.74, 6) is 0.447. The van der Waals surface area contributed by atoms with Crippen LogP contribution in [0.3, 0.4) is 0 Å². The number of hydrogen-bond donors (Lipinski definition) is 3. The maximum absolute atomic E-state index is 11.2. The molecule has 0 saturated heterocycles. The second kappa shape index (κ2) is 6.14. The lowest BCUT2D eigenvalue weighted by Crippen LogP contribution is -2.18. The highest BCUT2D eigenvalue weighted by atomic mass is 16.3. The van der Waals surface area contributed by atoms with Gasteiger partial charge in [0.05, 0.1) is 11.8 Å². The van der Waals surface area contributed by atoms with Crippen LogP contribution in [0.15, 0.2) is 41.0 Å². The van der Waals surface area contributed by atoms with Gasteiger partial charge in [0, 0.05) is 23.8 Å². The van der Waals surface area contributed by atoms with E-state index in [1.54, 1.807) is 18.4 Å². The number of carbonyl (C=O) groups is 1. The molecule has 0 radical (unpaired) electrons. The Morgan fingerprint density at radius 2 is 2.20 bits per heavy atom. The first-order valence-corrected chi connectivity index (χ1v) is 6.54. The Morgan fingerprint density at radius 1 is 1.40 bits per heavy atom. The average Bonchev–Trinajstić information content (AvgIpc) is 2.91. The van der Waals surface area contributed by atoms with Crippen LogP contribution < -0.4 is 16.8 Å². The van der Waals surface area contributed by atoms with E-state index in [0.717, 1.165) is 24.3 Å². The molecule has 5 N–H and O–H groups in total. The van der Waals surface area contributed by atoms with Crippen LogP contribution in [0.1, 0.15) is 29.5 Å². The number of rotatable bonds is 6. The number of benzene rings is 1. The SMILES string of the molecule is CC(CCc1ccco1)Nc1ccc(N)c(C(N)=O)c1. The van der Waals surface area contributed by atoms with Crippen molar-refractivity contribution in [1.29, 1.82) is 0 Å². The largest absolute Gasteiger partial charge is 0.469 e. The van der Waals surface area contributed by atoms with E-state index in [-0.39, 0.29) is 6.04 Å². The fourth-order valence-corrected chi connectivity index (χ4v) is 2.03. The van der Waals surface area contributed by atoms with Crippen LogP contribution in [0.2, 0.25) is 0 Å². The number of hydrogen-bond acceptors (Lipinski definition) is 4. The van der Waals surface area contributed by atoms with Crippen molar-refractivity contribution in [2.24, 2.45) is 5.73 Å². The summed E-state index contributed by atoms with van der Waals surface area (Å²) in [5.41, 5.74) is 12.5. The van der Waals surface area contributed by atoms with Gasteiger partial charge in [-0.1, -0.05) is 0 Å². The maximum Gasteiger partial charge on any atom is 0.250 e. The van der Waals surface area contributed by atoms with Gasteiger partial charge in [-0.2, -0.15) is 0 Å². The first kappa shape index (κ1) is 14.0. The molecule has 0 fully saturated rings. The van der Waals surface area contributed by atoms with Gasteiger partial charge in [-0.05, 0) is 43.7 Å². The first-order chi connectivity index (χ1) is 9.56. The van der Waals surface area contributed by atoms with Crippen molar-refractivity contribution in [3.63, 3.8) is 0 Å². The number of furan rings is 1. The molecule has 0 saturated carbocycles. The van der Waals surface area contributed by atoms with E-state index in [4.69, 9.17) is 15.9 Å². The van der Waals surface area contributed by atoms with Crippen LogP contribution in [-0.4, -0.2) is 11.9 Å². The Hall–Kier alpha value is -2.43. The van der Waals surface area contributed by atoms with Crippen molar-refractivity contribution in [1.82, 2.24) is 0 Å². The quantitative estimate of drug-likeness (QED) is 0.704. The predicted octanol–water partition coefficient (Wildman–Crippen LogP) is 2.39. The Morgan fingerprint density at radius 3 is 2.85 bits per heavy atom. The Bertz CT molecular complexity index is 579. The molecule has 5 heteroatoms. The van der Waals surface area contributed by atoms with Crippen LogP contribution >= 0.6 is 0 Å². The van der Waals surface area contributed by atoms with Crippen molar-refractivity contribution in [3.05, 3.63) is 47.9 Å². The standard InChI is InChI=1S/C15H19N3O2/c1-10(4-6-12-3-2-8-20-12)18-11-5-7-14(16)13(9-11)15(17)19/h2-3,5,7-10,18H,4,6,16H2,1H3,(H2,17,19). The minimum absolute atomic E-state index is 0.240. The summed E-state index contributed by atoms with van der Waals surface area (Å²) in [4.78, 5) is 11.2. The fourth-order valence-electron chi connectivity index (χ4n) is 2.03. The fraction of sp³-hybridized carbons (Fsp3) is 0.267. The van der Waals surface area contributed by atoms with Crippen LogP contribution in [0, 0.1) is 0 Å². The summed E-state index contributed by atoms with van der Waals surface area (Å²) in [6, 6.07) is 9.28. The predicted molar refractivity (Wildman–Crippen MR) is 79.5 cm³/mol. The molecule has 1 aromatic heterocycles. The topological polar surface area (TPSA) is 94.3 Å². The third-order valence-electron chi connectivity index (χ3n) is 3.14. The Balaban J connectivity index is 1.95. The summed E-state index contributed by atoms with van der Waals surface area (Å²) in [6.07, 6.45) is 3.45. The monoisotopic (exact) mass is 273 g/mol. The molecular weight excluding hydrogens is 254 g/mol. The number of nitrogens with one attached hydrogen (secondary N) is 1. The van der Waals surface area contributed by atoms with Crippen molar-refractivity contribution in [2.75, 3.05) is 11.1 Å². The van der Waals surface area contributed by atoms with E-state index < -0.39 is 5.91 Å². The number of amides is 1. The van der Waals surface area contributed by atoms with Crippen molar-refractivity contribution < 1.29 is 9.21 Å². The maximum atomic E-state index is 11.2. The number of nitrogen functional groups attached to an aromatic ring is 1. The van der Waals surface area contributed by atoms with Gasteiger partial charge in [-0.15, -0.1) is 0 Å². The van der Waals surface area contributed by atoms with Crippen molar-refractivity contribution in [3.8, 4) is 0 Å². The van der Waals surface area contributed by atoms with E-state index >= 15 is 0 Å². The van der Waals surface area contributed by atoms with Gasteiger partial charge < -0.3 is 21.2 Å². The van der Waals surface area contributed by atoms with E-state index in [0.29, 0.717) is 11.3 Å². The molecule has 20 heavy (non-hydrogen) atoms. The summed E-state index contributed by atoms with van der Waals surface area (Å²) in [6.45, 7) is 2.07. The average molecular weight is 273 g/mol. The minimum Gasteiger partial charge on any atom is -0.469 e. The smallest absolute Gasteiger partial charge is 0.250 e. The highest BCUT2D eigenvalue weighted by Crippen LogP contribution is 2.19. The lowest BCUT2D eigenvalue weighted by atomic mass is 10.1. The van der Waals surface area contributed by atoms with Crippen LogP contribution in [0.5, 0.6) is 0 Å². The molecule has 106 valence electrons. The number of anilines is 2. The molecule has 0 aliphatic heterocycles. The lowest BCUT2D eigenvalue weighted by Gasteiger charge is -2.15. The molecule has 2 rings (SSSR count). The molecular formula is C15H19N3O2. The van der Waals surface area contributed by atoms with Gasteiger partial charge in [0.15, 0.2) is 0 Å². The van der Waals surface area contributed by atoms with E-state index in [1.165, 1.54) is 0 Å². The van der Waals surface area contributed by atoms with E-state index in [1.807, 2.05) is 18.2 Å². The van der Waals surface area contributed by atoms with Crippen molar-refractivity contribution >= 4 is 17.3 Å². The zero-order valence-electron chi connectivity index (χ0n) is 11.4. The second-order valence-electron chi connectivity index (χ2n) is 4.83. The van der Waals surface area contributed by atoms with Gasteiger partial charge in [0.2, 0.25) is 0 Å². The van der Waals surface area contributed by atoms with E-state index in [2.05, 4.69) is 12.2 Å². The minimum atomic E-state index is -0.519. The first-order valence-electron chi connectivity index (χ1n) is 6.54. The van der Waals surface area contributed by atoms with Gasteiger partial charge in [0.1, 0.15) is 5.76 Å². The summed E-state index contributed by atoms with van der Waals surface area (Å²) >= 11 is 0. The van der Waals surface area contributed by atoms with Crippen molar-refractivity contribution in [2.45, 2.75) is 25.8 Å². The van der Waals surface area contributed by atoms with Gasteiger partial charge in [-0.3, -0.25) is 4.79 Å². The van der Waals surface area contributed by atoms with Crippen LogP contribution in [-0.2, 0) is 6.42 Å². The Labute approximate surface area is 117 Å². The molecule has 1 amide bonds. The normalized spacial score (nSPS) is 12.1.